The molecule has 112 valence electrons. The molecule has 9 heteroatoms. The van der Waals surface area contributed by atoms with Crippen LogP contribution in [0.15, 0.2) is 35.7 Å². The van der Waals surface area contributed by atoms with E-state index in [1.807, 2.05) is 6.92 Å². The second kappa shape index (κ2) is 5.82. The van der Waals surface area contributed by atoms with E-state index in [0.29, 0.717) is 26.9 Å². The SMILES string of the molecule is Cc1nn(-c2ccc(F)cc2)c(Cl)c1/C=N/n1cn[nH]c1=S. The van der Waals surface area contributed by atoms with Gasteiger partial charge in [-0.3, -0.25) is 5.10 Å². The van der Waals surface area contributed by atoms with Crippen LogP contribution in [0.4, 0.5) is 4.39 Å². The molecule has 0 aliphatic heterocycles. The molecule has 1 N–H and O–H groups in total. The van der Waals surface area contributed by atoms with Gasteiger partial charge in [0.15, 0.2) is 0 Å². The van der Waals surface area contributed by atoms with E-state index >= 15 is 0 Å². The van der Waals surface area contributed by atoms with E-state index < -0.39 is 0 Å². The molecule has 1 aromatic carbocycles. The normalized spacial score (nSPS) is 11.4. The third-order valence-electron chi connectivity index (χ3n) is 2.97. The van der Waals surface area contributed by atoms with Crippen LogP contribution >= 0.6 is 23.8 Å². The average molecular weight is 337 g/mol. The number of H-pyrrole nitrogens is 1. The number of halogens is 2. The van der Waals surface area contributed by atoms with Crippen LogP contribution in [0.25, 0.3) is 5.69 Å². The highest BCUT2D eigenvalue weighted by atomic mass is 35.5. The minimum atomic E-state index is -0.320. The highest BCUT2D eigenvalue weighted by Gasteiger charge is 2.13. The number of benzene rings is 1. The fraction of sp³-hybridized carbons (Fsp3) is 0.0769. The monoisotopic (exact) mass is 336 g/mol. The maximum Gasteiger partial charge on any atom is 0.216 e. The summed E-state index contributed by atoms with van der Waals surface area (Å²) >= 11 is 11.3. The molecule has 0 amide bonds. The topological polar surface area (TPSA) is 63.8 Å². The van der Waals surface area contributed by atoms with Gasteiger partial charge in [-0.2, -0.15) is 20.0 Å². The maximum absolute atomic E-state index is 13.0. The zero-order chi connectivity index (χ0) is 15.7. The van der Waals surface area contributed by atoms with Crippen LogP contribution in [-0.2, 0) is 0 Å². The summed E-state index contributed by atoms with van der Waals surface area (Å²) < 4.78 is 16.3. The van der Waals surface area contributed by atoms with Crippen LogP contribution in [0.1, 0.15) is 11.3 Å². The average Bonchev–Trinajstić information content (AvgIpc) is 3.02. The van der Waals surface area contributed by atoms with Gasteiger partial charge in [0.25, 0.3) is 0 Å². The lowest BCUT2D eigenvalue weighted by Gasteiger charge is -2.02. The Kier molecular flexibility index (Phi) is 3.86. The Hall–Kier alpha value is -2.32. The quantitative estimate of drug-likeness (QED) is 0.590. The molecule has 22 heavy (non-hydrogen) atoms. The molecule has 0 spiro atoms. The Labute approximate surface area is 134 Å². The van der Waals surface area contributed by atoms with E-state index in [1.54, 1.807) is 18.3 Å². The third kappa shape index (κ3) is 2.70. The molecule has 0 aliphatic rings. The molecule has 0 bridgehead atoms. The van der Waals surface area contributed by atoms with Crippen LogP contribution < -0.4 is 0 Å². The van der Waals surface area contributed by atoms with Crippen molar-refractivity contribution in [2.24, 2.45) is 5.10 Å². The molecule has 0 unspecified atom stereocenters. The summed E-state index contributed by atoms with van der Waals surface area (Å²) in [6.07, 6.45) is 3.00. The lowest BCUT2D eigenvalue weighted by Crippen LogP contribution is -1.96. The number of aryl methyl sites for hydroxylation is 1. The lowest BCUT2D eigenvalue weighted by atomic mass is 10.3. The van der Waals surface area contributed by atoms with E-state index in [2.05, 4.69) is 20.4 Å². The van der Waals surface area contributed by atoms with Crippen molar-refractivity contribution in [1.29, 1.82) is 0 Å². The number of hydrogen-bond acceptors (Lipinski definition) is 4. The summed E-state index contributed by atoms with van der Waals surface area (Å²) in [5.74, 6) is -0.320. The van der Waals surface area contributed by atoms with Gasteiger partial charge in [-0.1, -0.05) is 11.6 Å². The van der Waals surface area contributed by atoms with E-state index in [4.69, 9.17) is 23.8 Å². The number of hydrogen-bond donors (Lipinski definition) is 1. The van der Waals surface area contributed by atoms with E-state index in [1.165, 1.54) is 27.8 Å². The molecule has 0 saturated carbocycles. The van der Waals surface area contributed by atoms with Crippen LogP contribution in [0, 0.1) is 17.5 Å². The first-order valence-corrected chi connectivity index (χ1v) is 7.02. The Balaban J connectivity index is 2.00. The standard InChI is InChI=1S/C13H10ClFN6S/c1-8-11(6-17-20-7-16-18-13(20)22)12(14)21(19-8)10-4-2-9(15)3-5-10/h2-7H,1H3,(H,18,22)/b17-6+. The molecule has 2 aromatic heterocycles. The Morgan fingerprint density at radius 1 is 1.36 bits per heavy atom. The van der Waals surface area contributed by atoms with Crippen molar-refractivity contribution in [1.82, 2.24) is 24.7 Å². The smallest absolute Gasteiger partial charge is 0.216 e. The lowest BCUT2D eigenvalue weighted by molar-refractivity contribution is 0.627. The summed E-state index contributed by atoms with van der Waals surface area (Å²) in [7, 11) is 0. The molecule has 0 saturated heterocycles. The van der Waals surface area contributed by atoms with Gasteiger partial charge in [-0.25, -0.2) is 9.07 Å². The van der Waals surface area contributed by atoms with E-state index in [0.717, 1.165) is 0 Å². The van der Waals surface area contributed by atoms with Gasteiger partial charge in [-0.15, -0.1) is 0 Å². The van der Waals surface area contributed by atoms with Gasteiger partial charge < -0.3 is 0 Å². The third-order valence-corrected chi connectivity index (χ3v) is 3.61. The van der Waals surface area contributed by atoms with E-state index in [-0.39, 0.29) is 5.82 Å². The molecule has 0 fully saturated rings. The summed E-state index contributed by atoms with van der Waals surface area (Å²) in [5.41, 5.74) is 2.00. The van der Waals surface area contributed by atoms with Crippen molar-refractivity contribution in [2.45, 2.75) is 6.92 Å². The van der Waals surface area contributed by atoms with Crippen LogP contribution in [0.2, 0.25) is 5.15 Å². The van der Waals surface area contributed by atoms with Crippen molar-refractivity contribution in [2.75, 3.05) is 0 Å². The minimum Gasteiger partial charge on any atom is -0.250 e. The molecule has 6 nitrogen and oxygen atoms in total. The van der Waals surface area contributed by atoms with Gasteiger partial charge in [0.05, 0.1) is 23.2 Å². The first-order valence-electron chi connectivity index (χ1n) is 6.23. The van der Waals surface area contributed by atoms with Crippen LogP contribution in [0.3, 0.4) is 0 Å². The predicted octanol–water partition coefficient (Wildman–Crippen LogP) is 3.11. The second-order valence-electron chi connectivity index (χ2n) is 4.43. The molecule has 3 aromatic rings. The number of nitrogens with one attached hydrogen (secondary N) is 1. The molecule has 2 heterocycles. The van der Waals surface area contributed by atoms with Crippen molar-refractivity contribution in [3.63, 3.8) is 0 Å². The molecular weight excluding hydrogens is 327 g/mol. The first kappa shape index (κ1) is 14.6. The first-order chi connectivity index (χ1) is 10.6. The largest absolute Gasteiger partial charge is 0.250 e. The fourth-order valence-electron chi connectivity index (χ4n) is 1.86. The summed E-state index contributed by atoms with van der Waals surface area (Å²) in [6, 6.07) is 5.89. The maximum atomic E-state index is 13.0. The highest BCUT2D eigenvalue weighted by Crippen LogP contribution is 2.22. The van der Waals surface area contributed by atoms with Crippen molar-refractivity contribution in [3.05, 3.63) is 57.6 Å². The van der Waals surface area contributed by atoms with Crippen LogP contribution in [0.5, 0.6) is 0 Å². The summed E-state index contributed by atoms with van der Waals surface area (Å²) in [6.45, 7) is 1.81. The van der Waals surface area contributed by atoms with Crippen molar-refractivity contribution in [3.8, 4) is 5.69 Å². The molecule has 0 atom stereocenters. The predicted molar refractivity (Wildman–Crippen MR) is 83.7 cm³/mol. The molecular formula is C13H10ClFN6S. The van der Waals surface area contributed by atoms with Crippen molar-refractivity contribution < 1.29 is 4.39 Å². The van der Waals surface area contributed by atoms with Gasteiger partial charge >= 0.3 is 0 Å². The number of nitrogens with zero attached hydrogens (tertiary/aromatic N) is 5. The van der Waals surface area contributed by atoms with Gasteiger partial charge in [0.1, 0.15) is 17.3 Å². The van der Waals surface area contributed by atoms with Gasteiger partial charge in [-0.05, 0) is 43.4 Å². The Morgan fingerprint density at radius 3 is 2.73 bits per heavy atom. The van der Waals surface area contributed by atoms with Crippen molar-refractivity contribution >= 4 is 30.0 Å². The second-order valence-corrected chi connectivity index (χ2v) is 5.17. The highest BCUT2D eigenvalue weighted by molar-refractivity contribution is 7.71. The molecule has 3 rings (SSSR count). The zero-order valence-electron chi connectivity index (χ0n) is 11.4. The molecule has 0 aliphatic carbocycles. The number of aromatic nitrogens is 5. The van der Waals surface area contributed by atoms with E-state index in [9.17, 15) is 4.39 Å². The van der Waals surface area contributed by atoms with Gasteiger partial charge in [0.2, 0.25) is 4.77 Å². The minimum absolute atomic E-state index is 0.320. The van der Waals surface area contributed by atoms with Gasteiger partial charge in [0, 0.05) is 0 Å². The zero-order valence-corrected chi connectivity index (χ0v) is 12.9. The number of aromatic amines is 1. The summed E-state index contributed by atoms with van der Waals surface area (Å²) in [5, 5.41) is 15.3. The Morgan fingerprint density at radius 2 is 2.09 bits per heavy atom. The fourth-order valence-corrected chi connectivity index (χ4v) is 2.32. The number of rotatable bonds is 3. The molecule has 0 radical (unpaired) electrons. The van der Waals surface area contributed by atoms with Crippen LogP contribution in [-0.4, -0.2) is 30.9 Å². The Bertz CT molecular complexity index is 892. The summed E-state index contributed by atoms with van der Waals surface area (Å²) in [4.78, 5) is 0.